The van der Waals surface area contributed by atoms with E-state index in [1.807, 2.05) is 0 Å². The number of nitrogens with one attached hydrogen (secondary N) is 1. The van der Waals surface area contributed by atoms with E-state index in [1.54, 1.807) is 26.8 Å². The molecule has 1 aromatic carbocycles. The summed E-state index contributed by atoms with van der Waals surface area (Å²) in [5.74, 6) is -0.162. The van der Waals surface area contributed by atoms with Crippen molar-refractivity contribution in [2.75, 3.05) is 26.4 Å². The molecule has 8 nitrogen and oxygen atoms in total. The summed E-state index contributed by atoms with van der Waals surface area (Å²) in [4.78, 5) is 11.6. The molecule has 1 aromatic heterocycles. The first kappa shape index (κ1) is 24.2. The van der Waals surface area contributed by atoms with Crippen LogP contribution in [0.4, 0.5) is 9.18 Å². The van der Waals surface area contributed by atoms with Crippen LogP contribution in [0.15, 0.2) is 18.2 Å². The lowest BCUT2D eigenvalue weighted by Crippen LogP contribution is -2.34. The average molecular weight is 468 g/mol. The van der Waals surface area contributed by atoms with Crippen LogP contribution in [0, 0.1) is 5.82 Å². The molecule has 1 aliphatic rings. The van der Waals surface area contributed by atoms with Crippen molar-refractivity contribution in [2.45, 2.75) is 45.3 Å². The number of nitrogens with zero attached hydrogens (tertiary/aromatic N) is 2. The predicted octanol–water partition coefficient (Wildman–Crippen LogP) is 3.84. The van der Waals surface area contributed by atoms with Gasteiger partial charge < -0.3 is 24.6 Å². The van der Waals surface area contributed by atoms with E-state index < -0.39 is 23.6 Å². The number of amides is 1. The molecule has 0 aliphatic heterocycles. The van der Waals surface area contributed by atoms with E-state index in [4.69, 9.17) is 25.8 Å². The van der Waals surface area contributed by atoms with Crippen LogP contribution < -0.4 is 10.1 Å². The smallest absolute Gasteiger partial charge is 0.407 e. The Balaban J connectivity index is 1.56. The van der Waals surface area contributed by atoms with E-state index in [9.17, 15) is 14.3 Å². The van der Waals surface area contributed by atoms with Crippen molar-refractivity contribution >= 4 is 17.7 Å². The van der Waals surface area contributed by atoms with E-state index in [0.29, 0.717) is 35.4 Å². The second-order valence-electron chi connectivity index (χ2n) is 8.32. The Labute approximate surface area is 191 Å². The summed E-state index contributed by atoms with van der Waals surface area (Å²) in [5.41, 5.74) is 1.87. The van der Waals surface area contributed by atoms with Gasteiger partial charge in [0.05, 0.1) is 19.3 Å². The Morgan fingerprint density at radius 2 is 2.06 bits per heavy atom. The van der Waals surface area contributed by atoms with Crippen LogP contribution in [0.25, 0.3) is 11.3 Å². The topological polar surface area (TPSA) is 103 Å². The normalized spacial score (nSPS) is 15.4. The summed E-state index contributed by atoms with van der Waals surface area (Å²) in [5, 5.41) is 21.1. The minimum absolute atomic E-state index is 0.161. The number of aliphatic hydroxyl groups is 1. The lowest BCUT2D eigenvalue weighted by Gasteiger charge is -2.19. The minimum Gasteiger partial charge on any atom is -0.490 e. The molecule has 1 aliphatic carbocycles. The zero-order valence-electron chi connectivity index (χ0n) is 18.3. The maximum atomic E-state index is 13.9. The number of ether oxygens (including phenoxy) is 3. The lowest BCUT2D eigenvalue weighted by atomic mass is 10.0. The van der Waals surface area contributed by atoms with Crippen LogP contribution in [0.1, 0.15) is 44.4 Å². The fourth-order valence-corrected chi connectivity index (χ4v) is 3.63. The molecule has 174 valence electrons. The molecule has 2 aromatic rings. The Morgan fingerprint density at radius 1 is 1.28 bits per heavy atom. The van der Waals surface area contributed by atoms with Crippen molar-refractivity contribution in [3.8, 4) is 17.0 Å². The van der Waals surface area contributed by atoms with E-state index in [2.05, 4.69) is 15.5 Å². The van der Waals surface area contributed by atoms with Crippen molar-refractivity contribution in [1.82, 2.24) is 15.5 Å². The van der Waals surface area contributed by atoms with Gasteiger partial charge in [-0.05, 0) is 51.3 Å². The van der Waals surface area contributed by atoms with Gasteiger partial charge in [0.25, 0.3) is 0 Å². The second-order valence-corrected chi connectivity index (χ2v) is 8.67. The predicted molar refractivity (Wildman–Crippen MR) is 116 cm³/mol. The number of hydrogen-bond donors (Lipinski definition) is 2. The molecule has 0 saturated heterocycles. The summed E-state index contributed by atoms with van der Waals surface area (Å²) >= 11 is 6.11. The van der Waals surface area contributed by atoms with Crippen molar-refractivity contribution in [3.05, 3.63) is 40.3 Å². The molecule has 10 heteroatoms. The van der Waals surface area contributed by atoms with E-state index in [0.717, 1.165) is 5.56 Å². The largest absolute Gasteiger partial charge is 0.490 e. The molecule has 0 saturated carbocycles. The highest BCUT2D eigenvalue weighted by Crippen LogP contribution is 2.41. The second kappa shape index (κ2) is 10.4. The summed E-state index contributed by atoms with van der Waals surface area (Å²) in [6.45, 7) is 6.30. The first-order valence-corrected chi connectivity index (χ1v) is 10.7. The molecule has 1 amide bonds. The minimum atomic E-state index is -0.695. The lowest BCUT2D eigenvalue weighted by molar-refractivity contribution is 0.0489. The number of carbonyl (C=O) groups excluding carboxylic acids is 1. The van der Waals surface area contributed by atoms with Crippen molar-refractivity contribution < 1.29 is 28.5 Å². The highest BCUT2D eigenvalue weighted by Gasteiger charge is 2.29. The van der Waals surface area contributed by atoms with Gasteiger partial charge in [-0.1, -0.05) is 11.6 Å². The molecule has 0 bridgehead atoms. The standard InChI is InChI=1S/C22H27ClFN3O5/c1-22(2,3)32-21(29)25-8-9-30-10-11-31-17-12-13(24)4-5-14(17)19-15-6-7-16(28)18(15)20(23)27-26-19/h4-5,12,16,28H,6-11H2,1-3H3,(H,25,29). The summed E-state index contributed by atoms with van der Waals surface area (Å²) in [7, 11) is 0. The number of aromatic nitrogens is 2. The molecule has 0 spiro atoms. The molecule has 1 heterocycles. The van der Waals surface area contributed by atoms with Gasteiger partial charge in [-0.15, -0.1) is 10.2 Å². The molecule has 32 heavy (non-hydrogen) atoms. The zero-order chi connectivity index (χ0) is 23.3. The Hall–Kier alpha value is -2.49. The third-order valence-corrected chi connectivity index (χ3v) is 4.95. The molecule has 2 N–H and O–H groups in total. The molecular formula is C22H27ClFN3O5. The van der Waals surface area contributed by atoms with E-state index in [1.165, 1.54) is 12.1 Å². The van der Waals surface area contributed by atoms with Crippen molar-refractivity contribution in [1.29, 1.82) is 0 Å². The number of alkyl carbamates (subject to hydrolysis) is 1. The van der Waals surface area contributed by atoms with E-state index in [-0.39, 0.29) is 31.5 Å². The first-order valence-electron chi connectivity index (χ1n) is 10.4. The van der Waals surface area contributed by atoms with Gasteiger partial charge in [0.2, 0.25) is 0 Å². The number of aliphatic hydroxyl groups excluding tert-OH is 1. The number of benzene rings is 1. The summed E-state index contributed by atoms with van der Waals surface area (Å²) in [6, 6.07) is 4.15. The monoisotopic (exact) mass is 467 g/mol. The van der Waals surface area contributed by atoms with Gasteiger partial charge in [-0.25, -0.2) is 9.18 Å². The maximum Gasteiger partial charge on any atom is 0.407 e. The van der Waals surface area contributed by atoms with E-state index >= 15 is 0 Å². The molecular weight excluding hydrogens is 441 g/mol. The van der Waals surface area contributed by atoms with Crippen LogP contribution in [0.3, 0.4) is 0 Å². The molecule has 0 fully saturated rings. The molecule has 1 unspecified atom stereocenters. The SMILES string of the molecule is CC(C)(C)OC(=O)NCCOCCOc1cc(F)ccc1-c1nnc(Cl)c2c1CCC2O. The van der Waals surface area contributed by atoms with Crippen LogP contribution >= 0.6 is 11.6 Å². The number of hydrogen-bond acceptors (Lipinski definition) is 7. The number of rotatable bonds is 8. The average Bonchev–Trinajstić information content (AvgIpc) is 3.09. The Morgan fingerprint density at radius 3 is 2.81 bits per heavy atom. The van der Waals surface area contributed by atoms with Crippen LogP contribution in [0.2, 0.25) is 5.15 Å². The highest BCUT2D eigenvalue weighted by molar-refractivity contribution is 6.30. The fourth-order valence-electron chi connectivity index (χ4n) is 3.36. The third kappa shape index (κ3) is 6.27. The van der Waals surface area contributed by atoms with Gasteiger partial charge in [0, 0.05) is 23.7 Å². The van der Waals surface area contributed by atoms with Crippen LogP contribution in [-0.4, -0.2) is 53.4 Å². The first-order chi connectivity index (χ1) is 15.2. The van der Waals surface area contributed by atoms with Gasteiger partial charge in [0.1, 0.15) is 29.5 Å². The van der Waals surface area contributed by atoms with Gasteiger partial charge in [0.15, 0.2) is 5.15 Å². The maximum absolute atomic E-state index is 13.9. The van der Waals surface area contributed by atoms with Crippen LogP contribution in [-0.2, 0) is 15.9 Å². The fraction of sp³-hybridized carbons (Fsp3) is 0.500. The third-order valence-electron chi connectivity index (χ3n) is 4.67. The van der Waals surface area contributed by atoms with Crippen molar-refractivity contribution in [2.24, 2.45) is 0 Å². The Kier molecular flexibility index (Phi) is 7.86. The summed E-state index contributed by atoms with van der Waals surface area (Å²) in [6.07, 6.45) is -0.0911. The summed E-state index contributed by atoms with van der Waals surface area (Å²) < 4.78 is 30.2. The van der Waals surface area contributed by atoms with Crippen molar-refractivity contribution in [3.63, 3.8) is 0 Å². The number of fused-ring (bicyclic) bond motifs is 1. The highest BCUT2D eigenvalue weighted by atomic mass is 35.5. The number of carbonyl (C=O) groups is 1. The number of halogens is 2. The van der Waals surface area contributed by atoms with Crippen LogP contribution in [0.5, 0.6) is 5.75 Å². The zero-order valence-corrected chi connectivity index (χ0v) is 19.0. The molecule has 1 atom stereocenters. The molecule has 0 radical (unpaired) electrons. The van der Waals surface area contributed by atoms with Gasteiger partial charge >= 0.3 is 6.09 Å². The van der Waals surface area contributed by atoms with Gasteiger partial charge in [-0.2, -0.15) is 0 Å². The van der Waals surface area contributed by atoms with Gasteiger partial charge in [-0.3, -0.25) is 0 Å². The Bertz CT molecular complexity index is 967. The quantitative estimate of drug-likeness (QED) is 0.568. The molecule has 3 rings (SSSR count).